The van der Waals surface area contributed by atoms with E-state index in [1.165, 1.54) is 0 Å². The van der Waals surface area contributed by atoms with Gasteiger partial charge in [-0.1, -0.05) is 11.6 Å². The third-order valence-corrected chi connectivity index (χ3v) is 1.83. The summed E-state index contributed by atoms with van der Waals surface area (Å²) in [5, 5.41) is 12.3. The Bertz CT molecular complexity index is 238. The minimum absolute atomic E-state index is 0.223. The molecule has 0 fully saturated rings. The lowest BCUT2D eigenvalue weighted by Gasteiger charge is -2.02. The molecule has 1 aromatic rings. The van der Waals surface area contributed by atoms with E-state index in [1.807, 2.05) is 12.1 Å². The molecule has 4 heteroatoms. The molecule has 0 bridgehead atoms. The molecule has 2 N–H and O–H groups in total. The lowest BCUT2D eigenvalue weighted by atomic mass is 10.3. The molecule has 0 amide bonds. The summed E-state index contributed by atoms with van der Waals surface area (Å²) in [6, 6.07) is 3.70. The molecule has 72 valence electrons. The van der Waals surface area contributed by atoms with Crippen molar-refractivity contribution in [3.8, 4) is 0 Å². The van der Waals surface area contributed by atoms with Crippen LogP contribution in [0.4, 0.5) is 0 Å². The fourth-order valence-corrected chi connectivity index (χ4v) is 1.04. The van der Waals surface area contributed by atoms with Crippen LogP contribution in [0.3, 0.4) is 0 Å². The lowest BCUT2D eigenvalue weighted by Crippen LogP contribution is -2.16. The van der Waals surface area contributed by atoms with Gasteiger partial charge in [0.15, 0.2) is 0 Å². The lowest BCUT2D eigenvalue weighted by molar-refractivity contribution is 0.286. The number of aromatic nitrogens is 1. The number of halogens is 1. The maximum Gasteiger partial charge on any atom is 0.0589 e. The van der Waals surface area contributed by atoms with Gasteiger partial charge in [-0.05, 0) is 25.1 Å². The Balaban J connectivity index is 2.25. The maximum absolute atomic E-state index is 8.53. The van der Waals surface area contributed by atoms with E-state index in [1.54, 1.807) is 6.20 Å². The largest absolute Gasteiger partial charge is 0.396 e. The second kappa shape index (κ2) is 5.91. The molecule has 1 heterocycles. The number of hydrogen-bond donors (Lipinski definition) is 2. The van der Waals surface area contributed by atoms with Gasteiger partial charge in [0.25, 0.3) is 0 Å². The average Bonchev–Trinajstić information content (AvgIpc) is 2.15. The smallest absolute Gasteiger partial charge is 0.0589 e. The van der Waals surface area contributed by atoms with Crippen LogP contribution < -0.4 is 5.32 Å². The van der Waals surface area contributed by atoms with Crippen molar-refractivity contribution in [3.05, 3.63) is 29.0 Å². The molecule has 0 aliphatic heterocycles. The van der Waals surface area contributed by atoms with Gasteiger partial charge in [-0.2, -0.15) is 0 Å². The van der Waals surface area contributed by atoms with E-state index in [4.69, 9.17) is 16.7 Å². The van der Waals surface area contributed by atoms with E-state index in [2.05, 4.69) is 10.3 Å². The molecule has 13 heavy (non-hydrogen) atoms. The van der Waals surface area contributed by atoms with Gasteiger partial charge >= 0.3 is 0 Å². The Morgan fingerprint density at radius 2 is 2.31 bits per heavy atom. The zero-order valence-corrected chi connectivity index (χ0v) is 8.09. The third-order valence-electron chi connectivity index (χ3n) is 1.61. The second-order valence-electron chi connectivity index (χ2n) is 2.72. The van der Waals surface area contributed by atoms with Crippen LogP contribution in [-0.4, -0.2) is 23.2 Å². The van der Waals surface area contributed by atoms with Crippen molar-refractivity contribution in [2.75, 3.05) is 13.2 Å². The fraction of sp³-hybridized carbons (Fsp3) is 0.444. The highest BCUT2D eigenvalue weighted by molar-refractivity contribution is 6.30. The summed E-state index contributed by atoms with van der Waals surface area (Å²) in [5.74, 6) is 0. The van der Waals surface area contributed by atoms with Crippen molar-refractivity contribution >= 4 is 11.6 Å². The first-order valence-corrected chi connectivity index (χ1v) is 4.62. The number of aliphatic hydroxyl groups is 1. The van der Waals surface area contributed by atoms with Gasteiger partial charge < -0.3 is 10.4 Å². The highest BCUT2D eigenvalue weighted by atomic mass is 35.5. The van der Waals surface area contributed by atoms with E-state index in [-0.39, 0.29) is 6.61 Å². The summed E-state index contributed by atoms with van der Waals surface area (Å²) in [7, 11) is 0. The number of hydrogen-bond acceptors (Lipinski definition) is 3. The Morgan fingerprint density at radius 3 is 2.92 bits per heavy atom. The maximum atomic E-state index is 8.53. The molecular weight excluding hydrogens is 188 g/mol. The molecule has 0 aromatic carbocycles. The topological polar surface area (TPSA) is 45.1 Å². The average molecular weight is 201 g/mol. The van der Waals surface area contributed by atoms with Crippen molar-refractivity contribution in [3.63, 3.8) is 0 Å². The first-order chi connectivity index (χ1) is 6.33. The summed E-state index contributed by atoms with van der Waals surface area (Å²) >= 11 is 5.68. The molecule has 0 aliphatic carbocycles. The van der Waals surface area contributed by atoms with Crippen LogP contribution in [0.1, 0.15) is 12.1 Å². The molecule has 0 atom stereocenters. The normalized spacial score (nSPS) is 10.3. The predicted molar refractivity (Wildman–Crippen MR) is 52.7 cm³/mol. The van der Waals surface area contributed by atoms with E-state index >= 15 is 0 Å². The van der Waals surface area contributed by atoms with Crippen LogP contribution in [0.2, 0.25) is 5.02 Å². The van der Waals surface area contributed by atoms with E-state index in [9.17, 15) is 0 Å². The third kappa shape index (κ3) is 4.22. The molecular formula is C9H13ClN2O. The summed E-state index contributed by atoms with van der Waals surface area (Å²) in [6.45, 7) is 1.75. The minimum atomic E-state index is 0.223. The highest BCUT2D eigenvalue weighted by Gasteiger charge is 1.93. The quantitative estimate of drug-likeness (QED) is 0.703. The van der Waals surface area contributed by atoms with Crippen LogP contribution in [-0.2, 0) is 6.54 Å². The number of nitrogens with zero attached hydrogens (tertiary/aromatic N) is 1. The van der Waals surface area contributed by atoms with Crippen molar-refractivity contribution in [1.82, 2.24) is 10.3 Å². The van der Waals surface area contributed by atoms with E-state index in [0.29, 0.717) is 5.02 Å². The monoisotopic (exact) mass is 200 g/mol. The number of nitrogens with one attached hydrogen (secondary N) is 1. The van der Waals surface area contributed by atoms with Crippen LogP contribution in [0.15, 0.2) is 18.3 Å². The second-order valence-corrected chi connectivity index (χ2v) is 3.16. The molecule has 0 radical (unpaired) electrons. The molecule has 0 spiro atoms. The van der Waals surface area contributed by atoms with Crippen molar-refractivity contribution < 1.29 is 5.11 Å². The molecule has 0 saturated carbocycles. The van der Waals surface area contributed by atoms with Gasteiger partial charge in [0, 0.05) is 19.3 Å². The molecule has 0 saturated heterocycles. The zero-order valence-electron chi connectivity index (χ0n) is 7.33. The van der Waals surface area contributed by atoms with Crippen LogP contribution in [0.25, 0.3) is 0 Å². The van der Waals surface area contributed by atoms with Crippen molar-refractivity contribution in [2.24, 2.45) is 0 Å². The SMILES string of the molecule is OCCCNCc1ccc(Cl)cn1. The van der Waals surface area contributed by atoms with Gasteiger partial charge in [0.1, 0.15) is 0 Å². The first-order valence-electron chi connectivity index (χ1n) is 4.25. The zero-order chi connectivity index (χ0) is 9.52. The van der Waals surface area contributed by atoms with Gasteiger partial charge in [0.2, 0.25) is 0 Å². The Morgan fingerprint density at radius 1 is 1.46 bits per heavy atom. The molecule has 1 aromatic heterocycles. The summed E-state index contributed by atoms with van der Waals surface area (Å²) in [5.41, 5.74) is 0.960. The van der Waals surface area contributed by atoms with Crippen LogP contribution >= 0.6 is 11.6 Å². The first kappa shape index (κ1) is 10.4. The van der Waals surface area contributed by atoms with Crippen molar-refractivity contribution in [1.29, 1.82) is 0 Å². The molecule has 3 nitrogen and oxygen atoms in total. The van der Waals surface area contributed by atoms with Crippen LogP contribution in [0.5, 0.6) is 0 Å². The number of aliphatic hydroxyl groups excluding tert-OH is 1. The minimum Gasteiger partial charge on any atom is -0.396 e. The summed E-state index contributed by atoms with van der Waals surface area (Å²) in [4.78, 5) is 4.12. The fourth-order valence-electron chi connectivity index (χ4n) is 0.932. The van der Waals surface area contributed by atoms with Gasteiger partial charge in [-0.25, -0.2) is 0 Å². The molecule has 0 aliphatic rings. The standard InChI is InChI=1S/C9H13ClN2O/c10-8-2-3-9(12-6-8)7-11-4-1-5-13/h2-3,6,11,13H,1,4-5,7H2. The Hall–Kier alpha value is -0.640. The highest BCUT2D eigenvalue weighted by Crippen LogP contribution is 2.05. The predicted octanol–water partition coefficient (Wildman–Crippen LogP) is 1.21. The van der Waals surface area contributed by atoms with E-state index in [0.717, 1.165) is 25.2 Å². The Kier molecular flexibility index (Phi) is 4.75. The van der Waals surface area contributed by atoms with Crippen LogP contribution in [0, 0.1) is 0 Å². The molecule has 1 rings (SSSR count). The van der Waals surface area contributed by atoms with Gasteiger partial charge in [0.05, 0.1) is 10.7 Å². The Labute approximate surface area is 82.8 Å². The number of rotatable bonds is 5. The van der Waals surface area contributed by atoms with E-state index < -0.39 is 0 Å². The van der Waals surface area contributed by atoms with Gasteiger partial charge in [-0.15, -0.1) is 0 Å². The number of pyridine rings is 1. The van der Waals surface area contributed by atoms with Gasteiger partial charge in [-0.3, -0.25) is 4.98 Å². The van der Waals surface area contributed by atoms with Crippen molar-refractivity contribution in [2.45, 2.75) is 13.0 Å². The molecule has 0 unspecified atom stereocenters. The summed E-state index contributed by atoms with van der Waals surface area (Å²) < 4.78 is 0. The summed E-state index contributed by atoms with van der Waals surface area (Å²) in [6.07, 6.45) is 2.40.